The number of carbonyl (C=O) groups excluding carboxylic acids is 1. The molecule has 1 saturated heterocycles. The van der Waals surface area contributed by atoms with E-state index in [1.807, 2.05) is 25.1 Å². The van der Waals surface area contributed by atoms with Crippen LogP contribution in [-0.4, -0.2) is 38.1 Å². The van der Waals surface area contributed by atoms with Crippen molar-refractivity contribution < 1.29 is 14.3 Å². The van der Waals surface area contributed by atoms with Gasteiger partial charge in [-0.3, -0.25) is 9.69 Å². The van der Waals surface area contributed by atoms with Crippen LogP contribution in [0.1, 0.15) is 46.8 Å². The molecule has 1 heterocycles. The molecule has 1 aliphatic rings. The van der Waals surface area contributed by atoms with E-state index in [-0.39, 0.29) is 5.91 Å². The van der Waals surface area contributed by atoms with E-state index in [4.69, 9.17) is 9.47 Å². The van der Waals surface area contributed by atoms with Crippen molar-refractivity contribution in [3.63, 3.8) is 0 Å². The van der Waals surface area contributed by atoms with Crippen LogP contribution < -0.4 is 14.8 Å². The Balaban J connectivity index is 1.64. The summed E-state index contributed by atoms with van der Waals surface area (Å²) in [6, 6.07) is 12.0. The number of hydrogen-bond donors (Lipinski definition) is 1. The summed E-state index contributed by atoms with van der Waals surface area (Å²) in [6.45, 7) is 5.80. The Morgan fingerprint density at radius 1 is 1.07 bits per heavy atom. The van der Waals surface area contributed by atoms with E-state index in [0.717, 1.165) is 17.7 Å². The zero-order chi connectivity index (χ0) is 20.6. The summed E-state index contributed by atoms with van der Waals surface area (Å²) in [6.07, 6.45) is 6.41. The Morgan fingerprint density at radius 2 is 1.76 bits per heavy atom. The van der Waals surface area contributed by atoms with Crippen LogP contribution in [0, 0.1) is 0 Å². The second-order valence-electron chi connectivity index (χ2n) is 7.28. The molecule has 2 aromatic carbocycles. The van der Waals surface area contributed by atoms with Crippen molar-refractivity contribution >= 4 is 12.0 Å². The Bertz CT molecular complexity index is 853. The number of hydrogen-bond acceptors (Lipinski definition) is 4. The number of carbonyl (C=O) groups is 1. The van der Waals surface area contributed by atoms with Crippen LogP contribution >= 0.6 is 0 Å². The molecule has 0 saturated carbocycles. The van der Waals surface area contributed by atoms with Crippen LogP contribution in [0.25, 0.3) is 6.08 Å². The first kappa shape index (κ1) is 20.9. The number of benzene rings is 2. The molecule has 0 aliphatic carbocycles. The third-order valence-corrected chi connectivity index (χ3v) is 5.20. The Morgan fingerprint density at radius 3 is 2.38 bits per heavy atom. The van der Waals surface area contributed by atoms with Gasteiger partial charge in [0.15, 0.2) is 11.5 Å². The zero-order valence-corrected chi connectivity index (χ0v) is 17.5. The third kappa shape index (κ3) is 5.39. The highest BCUT2D eigenvalue weighted by atomic mass is 16.5. The highest BCUT2D eigenvalue weighted by Gasteiger charge is 2.15. The lowest BCUT2D eigenvalue weighted by Gasteiger charge is -2.15. The lowest BCUT2D eigenvalue weighted by atomic mass is 10.1. The number of likely N-dealkylation sites (tertiary alicyclic amines) is 1. The Labute approximate surface area is 173 Å². The highest BCUT2D eigenvalue weighted by Crippen LogP contribution is 2.33. The molecule has 2 aromatic rings. The minimum absolute atomic E-state index is 0.141. The van der Waals surface area contributed by atoms with Crippen LogP contribution in [0.2, 0.25) is 0 Å². The van der Waals surface area contributed by atoms with Crippen molar-refractivity contribution in [2.45, 2.75) is 32.9 Å². The van der Waals surface area contributed by atoms with E-state index in [0.29, 0.717) is 23.6 Å². The van der Waals surface area contributed by atoms with Crippen molar-refractivity contribution in [3.8, 4) is 11.5 Å². The first-order valence-corrected chi connectivity index (χ1v) is 10.1. The molecule has 1 amide bonds. The monoisotopic (exact) mass is 394 g/mol. The fraction of sp³-hybridized carbons (Fsp3) is 0.375. The number of nitrogens with one attached hydrogen (secondary N) is 1. The van der Waals surface area contributed by atoms with Gasteiger partial charge in [0.2, 0.25) is 0 Å². The molecular weight excluding hydrogens is 364 g/mol. The van der Waals surface area contributed by atoms with Gasteiger partial charge in [0.25, 0.3) is 5.91 Å². The second-order valence-corrected chi connectivity index (χ2v) is 7.28. The molecule has 5 heteroatoms. The average molecular weight is 395 g/mol. The van der Waals surface area contributed by atoms with Gasteiger partial charge in [-0.2, -0.15) is 0 Å². The molecule has 1 N–H and O–H groups in total. The lowest BCUT2D eigenvalue weighted by molar-refractivity contribution is 0.0950. The fourth-order valence-corrected chi connectivity index (χ4v) is 3.67. The molecule has 3 rings (SSSR count). The van der Waals surface area contributed by atoms with Gasteiger partial charge in [-0.15, -0.1) is 0 Å². The van der Waals surface area contributed by atoms with Gasteiger partial charge in [0.1, 0.15) is 0 Å². The summed E-state index contributed by atoms with van der Waals surface area (Å²) >= 11 is 0. The Hall–Kier alpha value is -2.79. The fourth-order valence-electron chi connectivity index (χ4n) is 3.67. The van der Waals surface area contributed by atoms with Crippen molar-refractivity contribution in [1.82, 2.24) is 10.2 Å². The van der Waals surface area contributed by atoms with Crippen molar-refractivity contribution in [2.75, 3.05) is 27.3 Å². The number of ether oxygens (including phenoxy) is 2. The minimum atomic E-state index is -0.141. The van der Waals surface area contributed by atoms with E-state index in [2.05, 4.69) is 34.5 Å². The summed E-state index contributed by atoms with van der Waals surface area (Å²) in [5.41, 5.74) is 3.75. The van der Waals surface area contributed by atoms with Gasteiger partial charge in [-0.05, 0) is 56.1 Å². The van der Waals surface area contributed by atoms with Gasteiger partial charge >= 0.3 is 0 Å². The van der Waals surface area contributed by atoms with Gasteiger partial charge in [0.05, 0.1) is 14.2 Å². The molecule has 1 fully saturated rings. The maximum absolute atomic E-state index is 12.7. The average Bonchev–Trinajstić information content (AvgIpc) is 3.25. The standard InChI is InChI=1S/C24H30N2O3/c1-4-7-20-14-21(15-22(28-2)23(20)29-3)24(27)25-16-18-8-10-19(11-9-18)17-26-12-5-6-13-26/h4,7-11,14-15H,5-6,12-13,16-17H2,1-3H3,(H,25,27)/b7-4+. The van der Waals surface area contributed by atoms with E-state index in [9.17, 15) is 4.79 Å². The van der Waals surface area contributed by atoms with Crippen LogP contribution in [0.4, 0.5) is 0 Å². The molecule has 5 nitrogen and oxygen atoms in total. The smallest absolute Gasteiger partial charge is 0.251 e. The van der Waals surface area contributed by atoms with Crippen molar-refractivity contribution in [3.05, 3.63) is 64.7 Å². The minimum Gasteiger partial charge on any atom is -0.493 e. The van der Waals surface area contributed by atoms with Crippen LogP contribution in [0.15, 0.2) is 42.5 Å². The van der Waals surface area contributed by atoms with Gasteiger partial charge in [-0.1, -0.05) is 36.4 Å². The number of rotatable bonds is 8. The van der Waals surface area contributed by atoms with Gasteiger partial charge in [-0.25, -0.2) is 0 Å². The molecule has 0 bridgehead atoms. The maximum Gasteiger partial charge on any atom is 0.251 e. The highest BCUT2D eigenvalue weighted by molar-refractivity contribution is 5.95. The molecular formula is C24H30N2O3. The molecule has 29 heavy (non-hydrogen) atoms. The summed E-state index contributed by atoms with van der Waals surface area (Å²) in [5, 5.41) is 3.00. The normalized spacial score (nSPS) is 14.3. The first-order chi connectivity index (χ1) is 14.1. The SMILES string of the molecule is C/C=C/c1cc(C(=O)NCc2ccc(CN3CCCC3)cc2)cc(OC)c1OC. The molecule has 0 radical (unpaired) electrons. The molecule has 0 atom stereocenters. The predicted octanol–water partition coefficient (Wildman–Crippen LogP) is 4.26. The first-order valence-electron chi connectivity index (χ1n) is 10.1. The van der Waals surface area contributed by atoms with E-state index < -0.39 is 0 Å². The zero-order valence-electron chi connectivity index (χ0n) is 17.5. The maximum atomic E-state index is 12.7. The largest absolute Gasteiger partial charge is 0.493 e. The summed E-state index contributed by atoms with van der Waals surface area (Å²) in [4.78, 5) is 15.2. The molecule has 0 aromatic heterocycles. The predicted molar refractivity (Wildman–Crippen MR) is 116 cm³/mol. The summed E-state index contributed by atoms with van der Waals surface area (Å²) < 4.78 is 10.8. The van der Waals surface area contributed by atoms with Crippen LogP contribution in [0.3, 0.4) is 0 Å². The summed E-state index contributed by atoms with van der Waals surface area (Å²) in [7, 11) is 3.17. The number of methoxy groups -OCH3 is 2. The second kappa shape index (κ2) is 10.1. The number of allylic oxidation sites excluding steroid dienone is 1. The van der Waals surface area contributed by atoms with Gasteiger partial charge < -0.3 is 14.8 Å². The number of nitrogens with zero attached hydrogens (tertiary/aromatic N) is 1. The topological polar surface area (TPSA) is 50.8 Å². The van der Waals surface area contributed by atoms with Crippen LogP contribution in [0.5, 0.6) is 11.5 Å². The van der Waals surface area contributed by atoms with Crippen molar-refractivity contribution in [1.29, 1.82) is 0 Å². The Kier molecular flexibility index (Phi) is 7.30. The summed E-state index contributed by atoms with van der Waals surface area (Å²) in [5.74, 6) is 1.02. The molecule has 0 unspecified atom stereocenters. The molecule has 154 valence electrons. The van der Waals surface area contributed by atoms with Gasteiger partial charge in [0, 0.05) is 24.2 Å². The molecule has 0 spiro atoms. The number of amides is 1. The van der Waals surface area contributed by atoms with E-state index in [1.165, 1.54) is 31.5 Å². The lowest BCUT2D eigenvalue weighted by Crippen LogP contribution is -2.23. The quantitative estimate of drug-likeness (QED) is 0.727. The van der Waals surface area contributed by atoms with Crippen LogP contribution in [-0.2, 0) is 13.1 Å². The van der Waals surface area contributed by atoms with E-state index >= 15 is 0 Å². The third-order valence-electron chi connectivity index (χ3n) is 5.20. The van der Waals surface area contributed by atoms with Crippen molar-refractivity contribution in [2.24, 2.45) is 0 Å². The van der Waals surface area contributed by atoms with E-state index in [1.54, 1.807) is 20.3 Å². The molecule has 1 aliphatic heterocycles.